The third kappa shape index (κ3) is 3.86. The second-order valence-corrected chi connectivity index (χ2v) is 7.96. The van der Waals surface area contributed by atoms with Crippen molar-refractivity contribution in [1.82, 2.24) is 9.55 Å². The van der Waals surface area contributed by atoms with Gasteiger partial charge in [0.2, 0.25) is 6.79 Å². The predicted molar refractivity (Wildman–Crippen MR) is 114 cm³/mol. The zero-order valence-electron chi connectivity index (χ0n) is 16.2. The summed E-state index contributed by atoms with van der Waals surface area (Å²) >= 11 is 1.19. The van der Waals surface area contributed by atoms with Gasteiger partial charge in [-0.3, -0.25) is 9.36 Å². The molecule has 1 aromatic heterocycles. The number of hydrogen-bond donors (Lipinski definition) is 0. The molecule has 0 spiro atoms. The van der Waals surface area contributed by atoms with Crippen LogP contribution in [-0.4, -0.2) is 16.3 Å². The van der Waals surface area contributed by atoms with Gasteiger partial charge in [0.25, 0.3) is 5.56 Å². The molecule has 0 amide bonds. The van der Waals surface area contributed by atoms with Crippen LogP contribution in [0.2, 0.25) is 0 Å². The van der Waals surface area contributed by atoms with Crippen LogP contribution in [0.5, 0.6) is 11.5 Å². The zero-order valence-corrected chi connectivity index (χ0v) is 17.0. The number of fused-ring (bicyclic) bond motifs is 2. The smallest absolute Gasteiger partial charge is 0.262 e. The fourth-order valence-corrected chi connectivity index (χ4v) is 4.39. The monoisotopic (exact) mass is 438 g/mol. The maximum atomic E-state index is 14.1. The molecule has 0 aliphatic carbocycles. The van der Waals surface area contributed by atoms with Gasteiger partial charge in [-0.25, -0.2) is 13.8 Å². The lowest BCUT2D eigenvalue weighted by atomic mass is 10.2. The highest BCUT2D eigenvalue weighted by Gasteiger charge is 2.17. The molecular formula is C23H16F2N2O3S. The minimum absolute atomic E-state index is 0.134. The lowest BCUT2D eigenvalue weighted by Crippen LogP contribution is -2.24. The third-order valence-electron chi connectivity index (χ3n) is 4.97. The van der Waals surface area contributed by atoms with Crippen LogP contribution >= 0.6 is 11.8 Å². The van der Waals surface area contributed by atoms with Crippen molar-refractivity contribution in [3.05, 3.63) is 93.8 Å². The van der Waals surface area contributed by atoms with Gasteiger partial charge in [-0.15, -0.1) is 0 Å². The number of hydrogen-bond acceptors (Lipinski definition) is 5. The molecule has 8 heteroatoms. The van der Waals surface area contributed by atoms with E-state index < -0.39 is 11.6 Å². The van der Waals surface area contributed by atoms with Gasteiger partial charge in [0.05, 0.1) is 17.4 Å². The summed E-state index contributed by atoms with van der Waals surface area (Å²) in [5.74, 6) is 0.398. The molecule has 0 saturated heterocycles. The average molecular weight is 438 g/mol. The summed E-state index contributed by atoms with van der Waals surface area (Å²) in [7, 11) is 0. The Morgan fingerprint density at radius 2 is 1.84 bits per heavy atom. The van der Waals surface area contributed by atoms with Crippen LogP contribution in [0, 0.1) is 11.6 Å². The number of aromatic nitrogens is 2. The Morgan fingerprint density at radius 1 is 1.00 bits per heavy atom. The summed E-state index contributed by atoms with van der Waals surface area (Å²) < 4.78 is 40.0. The maximum Gasteiger partial charge on any atom is 0.262 e. The molecule has 0 bridgehead atoms. The molecule has 0 radical (unpaired) electrons. The van der Waals surface area contributed by atoms with E-state index in [-0.39, 0.29) is 30.2 Å². The number of benzene rings is 3. The van der Waals surface area contributed by atoms with Gasteiger partial charge in [-0.2, -0.15) is 0 Å². The fraction of sp³-hybridized carbons (Fsp3) is 0.130. The van der Waals surface area contributed by atoms with E-state index in [1.807, 2.05) is 12.1 Å². The molecule has 0 fully saturated rings. The molecule has 5 nitrogen and oxygen atoms in total. The van der Waals surface area contributed by atoms with Gasteiger partial charge in [-0.05, 0) is 48.0 Å². The van der Waals surface area contributed by atoms with E-state index in [1.165, 1.54) is 11.8 Å². The van der Waals surface area contributed by atoms with Crippen molar-refractivity contribution in [2.24, 2.45) is 0 Å². The number of para-hydroxylation sites is 1. The van der Waals surface area contributed by atoms with E-state index in [0.29, 0.717) is 27.6 Å². The van der Waals surface area contributed by atoms with Crippen LogP contribution in [0.25, 0.3) is 10.9 Å². The number of thioether (sulfide) groups is 1. The van der Waals surface area contributed by atoms with Crippen molar-refractivity contribution in [3.63, 3.8) is 0 Å². The largest absolute Gasteiger partial charge is 0.454 e. The fourth-order valence-electron chi connectivity index (χ4n) is 3.42. The molecule has 156 valence electrons. The first-order chi connectivity index (χ1) is 15.1. The van der Waals surface area contributed by atoms with Gasteiger partial charge in [-0.1, -0.05) is 30.0 Å². The summed E-state index contributed by atoms with van der Waals surface area (Å²) in [5, 5.41) is 0.912. The van der Waals surface area contributed by atoms with Crippen molar-refractivity contribution in [1.29, 1.82) is 0 Å². The first kappa shape index (κ1) is 19.6. The van der Waals surface area contributed by atoms with Gasteiger partial charge < -0.3 is 9.47 Å². The normalized spacial score (nSPS) is 12.5. The Bertz CT molecular complexity index is 1360. The minimum atomic E-state index is -0.513. The van der Waals surface area contributed by atoms with E-state index in [2.05, 4.69) is 4.98 Å². The molecule has 0 saturated carbocycles. The van der Waals surface area contributed by atoms with Crippen LogP contribution in [0.4, 0.5) is 8.78 Å². The molecule has 5 rings (SSSR count). The Kier molecular flexibility index (Phi) is 5.07. The average Bonchev–Trinajstić information content (AvgIpc) is 3.24. The molecule has 2 heterocycles. The maximum absolute atomic E-state index is 14.1. The quantitative estimate of drug-likeness (QED) is 0.333. The zero-order chi connectivity index (χ0) is 21.4. The molecule has 0 unspecified atom stereocenters. The summed E-state index contributed by atoms with van der Waals surface area (Å²) in [6.45, 7) is 0.415. The number of halogens is 2. The van der Waals surface area contributed by atoms with Gasteiger partial charge in [0, 0.05) is 11.3 Å². The van der Waals surface area contributed by atoms with E-state index in [9.17, 15) is 13.6 Å². The Labute approximate surface area is 180 Å². The molecular weight excluding hydrogens is 422 g/mol. The molecule has 0 atom stereocenters. The minimum Gasteiger partial charge on any atom is -0.454 e. The van der Waals surface area contributed by atoms with Crippen molar-refractivity contribution < 1.29 is 18.3 Å². The third-order valence-corrected chi connectivity index (χ3v) is 5.99. The van der Waals surface area contributed by atoms with Gasteiger partial charge in [0.15, 0.2) is 16.7 Å². The SMILES string of the molecule is O=c1c2ccccc2nc(SCc2cc(F)ccc2F)n1Cc1ccc2c(c1)OCO2. The topological polar surface area (TPSA) is 53.4 Å². The number of nitrogens with zero attached hydrogens (tertiary/aromatic N) is 2. The first-order valence-electron chi connectivity index (χ1n) is 9.53. The van der Waals surface area contributed by atoms with Crippen molar-refractivity contribution >= 4 is 22.7 Å². The van der Waals surface area contributed by atoms with Crippen LogP contribution < -0.4 is 15.0 Å². The Hall–Kier alpha value is -3.39. The first-order valence-corrected chi connectivity index (χ1v) is 10.5. The van der Waals surface area contributed by atoms with Gasteiger partial charge in [0.1, 0.15) is 11.6 Å². The summed E-state index contributed by atoms with van der Waals surface area (Å²) in [6, 6.07) is 15.9. The van der Waals surface area contributed by atoms with E-state index in [4.69, 9.17) is 9.47 Å². The van der Waals surface area contributed by atoms with Crippen LogP contribution in [0.15, 0.2) is 70.6 Å². The van der Waals surface area contributed by atoms with E-state index in [1.54, 1.807) is 34.9 Å². The lowest BCUT2D eigenvalue weighted by molar-refractivity contribution is 0.174. The van der Waals surface area contributed by atoms with E-state index in [0.717, 1.165) is 23.8 Å². The molecule has 1 aliphatic heterocycles. The molecule has 31 heavy (non-hydrogen) atoms. The second kappa shape index (κ2) is 8.03. The van der Waals surface area contributed by atoms with Crippen LogP contribution in [-0.2, 0) is 12.3 Å². The highest BCUT2D eigenvalue weighted by Crippen LogP contribution is 2.33. The van der Waals surface area contributed by atoms with Crippen molar-refractivity contribution in [3.8, 4) is 11.5 Å². The Morgan fingerprint density at radius 3 is 2.74 bits per heavy atom. The number of rotatable bonds is 5. The predicted octanol–water partition coefficient (Wildman–Crippen LogP) is 4.74. The summed E-state index contributed by atoms with van der Waals surface area (Å²) in [4.78, 5) is 17.9. The van der Waals surface area contributed by atoms with E-state index >= 15 is 0 Å². The summed E-state index contributed by atoms with van der Waals surface area (Å²) in [5.41, 5.74) is 1.39. The molecule has 0 N–H and O–H groups in total. The molecule has 3 aromatic carbocycles. The standard InChI is InChI=1S/C23H16F2N2O3S/c24-16-6-7-18(25)15(10-16)12-31-23-26-19-4-2-1-3-17(19)22(28)27(23)11-14-5-8-20-21(9-14)30-13-29-20/h1-10H,11-13H2. The second-order valence-electron chi connectivity index (χ2n) is 7.01. The van der Waals surface area contributed by atoms with Gasteiger partial charge >= 0.3 is 0 Å². The molecule has 4 aromatic rings. The Balaban J connectivity index is 1.54. The van der Waals surface area contributed by atoms with Crippen LogP contribution in [0.1, 0.15) is 11.1 Å². The number of ether oxygens (including phenoxy) is 2. The highest BCUT2D eigenvalue weighted by atomic mass is 32.2. The van der Waals surface area contributed by atoms with Crippen molar-refractivity contribution in [2.45, 2.75) is 17.5 Å². The lowest BCUT2D eigenvalue weighted by Gasteiger charge is -2.14. The molecule has 1 aliphatic rings. The highest BCUT2D eigenvalue weighted by molar-refractivity contribution is 7.98. The van der Waals surface area contributed by atoms with Crippen molar-refractivity contribution in [2.75, 3.05) is 6.79 Å². The van der Waals surface area contributed by atoms with Crippen LogP contribution in [0.3, 0.4) is 0 Å². The summed E-state index contributed by atoms with van der Waals surface area (Å²) in [6.07, 6.45) is 0.